The van der Waals surface area contributed by atoms with Crippen molar-refractivity contribution in [1.29, 1.82) is 0 Å². The van der Waals surface area contributed by atoms with E-state index in [1.807, 2.05) is 0 Å². The van der Waals surface area contributed by atoms with Crippen molar-refractivity contribution in [2.75, 3.05) is 6.54 Å². The summed E-state index contributed by atoms with van der Waals surface area (Å²) < 4.78 is 27.5. The lowest BCUT2D eigenvalue weighted by Crippen LogP contribution is -2.34. The van der Waals surface area contributed by atoms with Gasteiger partial charge in [-0.25, -0.2) is 13.6 Å². The van der Waals surface area contributed by atoms with Gasteiger partial charge in [0.2, 0.25) is 0 Å². The monoisotopic (exact) mass is 335 g/mol. The Kier molecular flexibility index (Phi) is 4.15. The van der Waals surface area contributed by atoms with Crippen molar-refractivity contribution in [1.82, 2.24) is 14.9 Å². The molecule has 2 aromatic rings. The highest BCUT2D eigenvalue weighted by Crippen LogP contribution is 2.34. The van der Waals surface area contributed by atoms with Crippen molar-refractivity contribution < 1.29 is 18.7 Å². The van der Waals surface area contributed by atoms with E-state index in [4.69, 9.17) is 0 Å². The topological polar surface area (TPSA) is 86.3 Å². The summed E-state index contributed by atoms with van der Waals surface area (Å²) in [5.41, 5.74) is -0.341. The smallest absolute Gasteiger partial charge is 0.345 e. The van der Waals surface area contributed by atoms with E-state index in [0.29, 0.717) is 5.69 Å². The molecule has 1 aliphatic heterocycles. The highest BCUT2D eigenvalue weighted by Gasteiger charge is 2.37. The second kappa shape index (κ2) is 6.12. The molecule has 3 rings (SSSR count). The number of nitrogens with one attached hydrogen (secondary N) is 1. The molecule has 1 amide bonds. The number of hydrogen-bond acceptors (Lipinski definition) is 4. The second-order valence-corrected chi connectivity index (χ2v) is 5.78. The summed E-state index contributed by atoms with van der Waals surface area (Å²) in [6.07, 6.45) is -0.793. The second-order valence-electron chi connectivity index (χ2n) is 5.78. The number of nitrogens with zero attached hydrogens (tertiary/aromatic N) is 2. The number of benzene rings is 1. The SMILES string of the molecule is Cc1cc(C(=O)N2CC(O)CC2c2cc(F)ccc2F)nc(=O)[nH]1. The van der Waals surface area contributed by atoms with E-state index in [0.717, 1.165) is 18.2 Å². The predicted molar refractivity (Wildman–Crippen MR) is 80.4 cm³/mol. The Morgan fingerprint density at radius 3 is 2.83 bits per heavy atom. The Bertz CT molecular complexity index is 853. The first-order chi connectivity index (χ1) is 11.3. The van der Waals surface area contributed by atoms with Gasteiger partial charge in [-0.3, -0.25) is 4.79 Å². The predicted octanol–water partition coefficient (Wildman–Crippen LogP) is 1.30. The first kappa shape index (κ1) is 16.3. The summed E-state index contributed by atoms with van der Waals surface area (Å²) in [6.45, 7) is 1.55. The molecule has 2 unspecified atom stereocenters. The van der Waals surface area contributed by atoms with E-state index in [1.54, 1.807) is 6.92 Å². The van der Waals surface area contributed by atoms with Gasteiger partial charge >= 0.3 is 5.69 Å². The van der Waals surface area contributed by atoms with Gasteiger partial charge in [0.15, 0.2) is 0 Å². The Labute approximate surface area is 135 Å². The van der Waals surface area contributed by atoms with E-state index in [9.17, 15) is 23.5 Å². The van der Waals surface area contributed by atoms with Crippen molar-refractivity contribution in [2.24, 2.45) is 0 Å². The number of hydrogen-bond donors (Lipinski definition) is 2. The van der Waals surface area contributed by atoms with Crippen molar-refractivity contribution in [2.45, 2.75) is 25.5 Å². The lowest BCUT2D eigenvalue weighted by molar-refractivity contribution is 0.0707. The van der Waals surface area contributed by atoms with E-state index < -0.39 is 35.4 Å². The van der Waals surface area contributed by atoms with E-state index in [1.165, 1.54) is 11.0 Å². The highest BCUT2D eigenvalue weighted by atomic mass is 19.1. The van der Waals surface area contributed by atoms with Gasteiger partial charge < -0.3 is 15.0 Å². The minimum atomic E-state index is -0.871. The van der Waals surface area contributed by atoms with Crippen LogP contribution in [0.2, 0.25) is 0 Å². The van der Waals surface area contributed by atoms with E-state index >= 15 is 0 Å². The number of β-amino-alcohol motifs (C(OH)–C–C–N with tert-alkyl or cyclic N) is 1. The van der Waals surface area contributed by atoms with Crippen LogP contribution < -0.4 is 5.69 Å². The third-order valence-corrected chi connectivity index (χ3v) is 3.96. The maximum Gasteiger partial charge on any atom is 0.345 e. The molecule has 0 saturated carbocycles. The van der Waals surface area contributed by atoms with Crippen LogP contribution in [0.3, 0.4) is 0 Å². The molecule has 0 aliphatic carbocycles. The first-order valence-corrected chi connectivity index (χ1v) is 7.37. The van der Waals surface area contributed by atoms with Gasteiger partial charge in [-0.15, -0.1) is 0 Å². The summed E-state index contributed by atoms with van der Waals surface area (Å²) in [4.78, 5) is 31.4. The fourth-order valence-electron chi connectivity index (χ4n) is 2.94. The lowest BCUT2D eigenvalue weighted by atomic mass is 10.0. The van der Waals surface area contributed by atoms with Gasteiger partial charge in [-0.1, -0.05) is 0 Å². The maximum absolute atomic E-state index is 14.1. The Hall–Kier alpha value is -2.61. The number of rotatable bonds is 2. The minimum Gasteiger partial charge on any atom is -0.391 e. The zero-order chi connectivity index (χ0) is 17.4. The maximum atomic E-state index is 14.1. The van der Waals surface area contributed by atoms with Crippen LogP contribution in [0, 0.1) is 18.6 Å². The van der Waals surface area contributed by atoms with Crippen LogP contribution in [0.15, 0.2) is 29.1 Å². The highest BCUT2D eigenvalue weighted by molar-refractivity contribution is 5.92. The number of aliphatic hydroxyl groups excluding tert-OH is 1. The quantitative estimate of drug-likeness (QED) is 0.866. The van der Waals surface area contributed by atoms with Gasteiger partial charge in [-0.2, -0.15) is 4.98 Å². The Morgan fingerprint density at radius 2 is 2.12 bits per heavy atom. The van der Waals surface area contributed by atoms with Crippen LogP contribution in [0.5, 0.6) is 0 Å². The first-order valence-electron chi connectivity index (χ1n) is 7.37. The number of carbonyl (C=O) groups excluding carboxylic acids is 1. The summed E-state index contributed by atoms with van der Waals surface area (Å²) in [6, 6.07) is 3.54. The molecule has 1 saturated heterocycles. The fraction of sp³-hybridized carbons (Fsp3) is 0.312. The van der Waals surface area contributed by atoms with Gasteiger partial charge in [0.25, 0.3) is 5.91 Å². The molecule has 0 radical (unpaired) electrons. The molecular formula is C16H15F2N3O3. The number of aromatic amines is 1. The molecule has 24 heavy (non-hydrogen) atoms. The van der Waals surface area contributed by atoms with E-state index in [2.05, 4.69) is 9.97 Å². The largest absolute Gasteiger partial charge is 0.391 e. The molecule has 1 aromatic heterocycles. The van der Waals surface area contributed by atoms with Crippen molar-refractivity contribution >= 4 is 5.91 Å². The van der Waals surface area contributed by atoms with Crippen molar-refractivity contribution in [3.05, 3.63) is 63.3 Å². The summed E-state index contributed by atoms with van der Waals surface area (Å²) in [5.74, 6) is -1.91. The summed E-state index contributed by atoms with van der Waals surface area (Å²) in [7, 11) is 0. The number of halogens is 2. The average Bonchev–Trinajstić information content (AvgIpc) is 2.89. The van der Waals surface area contributed by atoms with Crippen LogP contribution in [0.25, 0.3) is 0 Å². The van der Waals surface area contributed by atoms with Crippen LogP contribution in [-0.4, -0.2) is 38.5 Å². The number of aliphatic hydroxyl groups is 1. The van der Waals surface area contributed by atoms with Crippen molar-refractivity contribution in [3.8, 4) is 0 Å². The minimum absolute atomic E-state index is 0.0125. The number of aryl methyl sites for hydroxylation is 1. The molecular weight excluding hydrogens is 320 g/mol. The molecule has 2 atom stereocenters. The normalized spacial score (nSPS) is 20.4. The summed E-state index contributed by atoms with van der Waals surface area (Å²) in [5, 5.41) is 9.90. The molecule has 126 valence electrons. The molecule has 1 aromatic carbocycles. The van der Waals surface area contributed by atoms with Gasteiger partial charge in [0, 0.05) is 17.8 Å². The zero-order valence-corrected chi connectivity index (χ0v) is 12.8. The third-order valence-electron chi connectivity index (χ3n) is 3.96. The van der Waals surface area contributed by atoms with Crippen LogP contribution >= 0.6 is 0 Å². The molecule has 2 heterocycles. The van der Waals surface area contributed by atoms with Gasteiger partial charge in [-0.05, 0) is 37.6 Å². The van der Waals surface area contributed by atoms with Crippen LogP contribution in [-0.2, 0) is 0 Å². The Balaban J connectivity index is 2.00. The molecule has 0 bridgehead atoms. The number of H-pyrrole nitrogens is 1. The molecule has 0 spiro atoms. The summed E-state index contributed by atoms with van der Waals surface area (Å²) >= 11 is 0. The number of likely N-dealkylation sites (tertiary alicyclic amines) is 1. The van der Waals surface area contributed by atoms with Crippen molar-refractivity contribution in [3.63, 3.8) is 0 Å². The molecule has 1 aliphatic rings. The van der Waals surface area contributed by atoms with Gasteiger partial charge in [0.1, 0.15) is 17.3 Å². The van der Waals surface area contributed by atoms with Crippen LogP contribution in [0.4, 0.5) is 8.78 Å². The van der Waals surface area contributed by atoms with Gasteiger partial charge in [0.05, 0.1) is 12.1 Å². The average molecular weight is 335 g/mol. The Morgan fingerprint density at radius 1 is 1.38 bits per heavy atom. The molecule has 8 heteroatoms. The van der Waals surface area contributed by atoms with E-state index in [-0.39, 0.29) is 24.2 Å². The molecule has 1 fully saturated rings. The number of amides is 1. The number of aromatic nitrogens is 2. The zero-order valence-electron chi connectivity index (χ0n) is 12.8. The molecule has 2 N–H and O–H groups in total. The standard InChI is InChI=1S/C16H15F2N3O3/c1-8-4-13(20-16(24)19-8)15(23)21-7-10(22)6-14(21)11-5-9(17)2-3-12(11)18/h2-5,10,14,22H,6-7H2,1H3,(H,19,20,24). The van der Waals surface area contributed by atoms with Crippen LogP contribution in [0.1, 0.15) is 34.2 Å². The lowest BCUT2D eigenvalue weighted by Gasteiger charge is -2.24. The number of carbonyl (C=O) groups is 1. The molecule has 6 nitrogen and oxygen atoms in total. The third kappa shape index (κ3) is 3.05. The fourth-order valence-corrected chi connectivity index (χ4v) is 2.94.